The highest BCUT2D eigenvalue weighted by Gasteiger charge is 2.44. The van der Waals surface area contributed by atoms with Gasteiger partial charge in [0.2, 0.25) is 5.91 Å². The Bertz CT molecular complexity index is 412. The second kappa shape index (κ2) is 6.20. The summed E-state index contributed by atoms with van der Waals surface area (Å²) in [6.45, 7) is 2.07. The summed E-state index contributed by atoms with van der Waals surface area (Å²) >= 11 is 0. The molecule has 104 valence electrons. The van der Waals surface area contributed by atoms with E-state index in [-0.39, 0.29) is 24.0 Å². The number of amides is 1. The van der Waals surface area contributed by atoms with Crippen LogP contribution in [0.5, 0.6) is 0 Å². The number of aliphatic hydroxyl groups excluding tert-OH is 1. The van der Waals surface area contributed by atoms with E-state index in [1.807, 2.05) is 25.1 Å². The van der Waals surface area contributed by atoms with E-state index in [0.29, 0.717) is 6.42 Å². The van der Waals surface area contributed by atoms with Crippen molar-refractivity contribution in [3.05, 3.63) is 35.9 Å². The van der Waals surface area contributed by atoms with Gasteiger partial charge in [0.15, 0.2) is 0 Å². The minimum atomic E-state index is -0.217. The van der Waals surface area contributed by atoms with Crippen molar-refractivity contribution < 1.29 is 9.90 Å². The molecule has 0 aliphatic heterocycles. The molecule has 19 heavy (non-hydrogen) atoms. The molecule has 1 amide bonds. The quantitative estimate of drug-likeness (QED) is 0.825. The van der Waals surface area contributed by atoms with E-state index in [2.05, 4.69) is 17.4 Å². The van der Waals surface area contributed by atoms with E-state index in [1.165, 1.54) is 5.56 Å². The van der Waals surface area contributed by atoms with Gasteiger partial charge in [0.05, 0.1) is 5.41 Å². The lowest BCUT2D eigenvalue weighted by Crippen LogP contribution is -2.49. The number of nitrogens with one attached hydrogen (secondary N) is 1. The molecule has 1 fully saturated rings. The van der Waals surface area contributed by atoms with Crippen LogP contribution in [0.1, 0.15) is 38.2 Å². The lowest BCUT2D eigenvalue weighted by Gasteiger charge is -2.41. The topological polar surface area (TPSA) is 49.3 Å². The van der Waals surface area contributed by atoms with E-state index >= 15 is 0 Å². The Kier molecular flexibility index (Phi) is 4.59. The van der Waals surface area contributed by atoms with Crippen LogP contribution in [0.4, 0.5) is 0 Å². The molecule has 1 aromatic rings. The fourth-order valence-corrected chi connectivity index (χ4v) is 2.72. The van der Waals surface area contributed by atoms with E-state index in [4.69, 9.17) is 5.11 Å². The molecule has 1 saturated carbocycles. The second-order valence-electron chi connectivity index (χ2n) is 5.68. The Labute approximate surface area is 115 Å². The van der Waals surface area contributed by atoms with Crippen LogP contribution in [0.25, 0.3) is 0 Å². The fraction of sp³-hybridized carbons (Fsp3) is 0.562. The Morgan fingerprint density at radius 1 is 1.37 bits per heavy atom. The van der Waals surface area contributed by atoms with Gasteiger partial charge in [0, 0.05) is 12.6 Å². The van der Waals surface area contributed by atoms with Crippen molar-refractivity contribution in [1.29, 1.82) is 0 Å². The number of carbonyl (C=O) groups excluding carboxylic acids is 1. The van der Waals surface area contributed by atoms with Gasteiger partial charge < -0.3 is 10.4 Å². The first-order valence-corrected chi connectivity index (χ1v) is 7.12. The maximum atomic E-state index is 12.4. The molecule has 0 radical (unpaired) electrons. The molecule has 3 nitrogen and oxygen atoms in total. The van der Waals surface area contributed by atoms with Gasteiger partial charge in [0.1, 0.15) is 0 Å². The molecule has 1 aliphatic rings. The number of hydrogen-bond acceptors (Lipinski definition) is 2. The minimum absolute atomic E-state index is 0.0470. The zero-order valence-electron chi connectivity index (χ0n) is 11.6. The summed E-state index contributed by atoms with van der Waals surface area (Å²) in [5.41, 5.74) is 1.01. The molecular weight excluding hydrogens is 238 g/mol. The van der Waals surface area contributed by atoms with Crippen LogP contribution < -0.4 is 5.32 Å². The molecule has 2 rings (SSSR count). The largest absolute Gasteiger partial charge is 0.396 e. The standard InChI is InChI=1S/C16H23NO2/c1-13(8-11-18)17-15(19)16(9-5-10-16)12-14-6-3-2-4-7-14/h2-4,6-7,13,18H,5,8-12H2,1H3,(H,17,19). The highest BCUT2D eigenvalue weighted by Crippen LogP contribution is 2.44. The lowest BCUT2D eigenvalue weighted by atomic mass is 9.64. The summed E-state index contributed by atoms with van der Waals surface area (Å²) in [6, 6.07) is 10.3. The number of carbonyl (C=O) groups is 1. The molecule has 2 N–H and O–H groups in total. The minimum Gasteiger partial charge on any atom is -0.396 e. The Morgan fingerprint density at radius 2 is 2.05 bits per heavy atom. The first-order chi connectivity index (χ1) is 9.16. The molecule has 1 atom stereocenters. The van der Waals surface area contributed by atoms with Gasteiger partial charge in [-0.2, -0.15) is 0 Å². The summed E-state index contributed by atoms with van der Waals surface area (Å²) in [7, 11) is 0. The highest BCUT2D eigenvalue weighted by atomic mass is 16.3. The summed E-state index contributed by atoms with van der Waals surface area (Å²) in [5.74, 6) is 0.156. The number of aliphatic hydroxyl groups is 1. The zero-order chi connectivity index (χ0) is 13.7. The molecule has 0 bridgehead atoms. The molecule has 3 heteroatoms. The van der Waals surface area contributed by atoms with Crippen molar-refractivity contribution in [3.63, 3.8) is 0 Å². The summed E-state index contributed by atoms with van der Waals surface area (Å²) < 4.78 is 0. The predicted octanol–water partition coefficient (Wildman–Crippen LogP) is 2.29. The zero-order valence-corrected chi connectivity index (χ0v) is 11.6. The average Bonchev–Trinajstić information content (AvgIpc) is 2.35. The van der Waals surface area contributed by atoms with Crippen molar-refractivity contribution in [2.75, 3.05) is 6.61 Å². The molecule has 0 aromatic heterocycles. The Balaban J connectivity index is 2.00. The summed E-state index contributed by atoms with van der Waals surface area (Å²) in [6.07, 6.45) is 4.52. The number of hydrogen-bond donors (Lipinski definition) is 2. The first-order valence-electron chi connectivity index (χ1n) is 7.12. The molecule has 1 aromatic carbocycles. The van der Waals surface area contributed by atoms with E-state index in [1.54, 1.807) is 0 Å². The summed E-state index contributed by atoms with van der Waals surface area (Å²) in [4.78, 5) is 12.4. The van der Waals surface area contributed by atoms with Crippen LogP contribution in [0.15, 0.2) is 30.3 Å². The number of rotatable bonds is 6. The fourth-order valence-electron chi connectivity index (χ4n) is 2.72. The Hall–Kier alpha value is -1.35. The second-order valence-corrected chi connectivity index (χ2v) is 5.68. The van der Waals surface area contributed by atoms with Crippen LogP contribution in [-0.2, 0) is 11.2 Å². The van der Waals surface area contributed by atoms with Crippen LogP contribution in [0, 0.1) is 5.41 Å². The van der Waals surface area contributed by atoms with Gasteiger partial charge in [-0.15, -0.1) is 0 Å². The van der Waals surface area contributed by atoms with Crippen LogP contribution in [0.3, 0.4) is 0 Å². The highest BCUT2D eigenvalue weighted by molar-refractivity contribution is 5.84. The lowest BCUT2D eigenvalue weighted by molar-refractivity contribution is -0.136. The van der Waals surface area contributed by atoms with Gasteiger partial charge in [-0.3, -0.25) is 4.79 Å². The molecular formula is C16H23NO2. The van der Waals surface area contributed by atoms with Crippen molar-refractivity contribution in [2.45, 2.75) is 45.1 Å². The third-order valence-corrected chi connectivity index (χ3v) is 4.12. The predicted molar refractivity (Wildman–Crippen MR) is 75.7 cm³/mol. The molecule has 1 aliphatic carbocycles. The maximum Gasteiger partial charge on any atom is 0.226 e. The Morgan fingerprint density at radius 3 is 2.58 bits per heavy atom. The monoisotopic (exact) mass is 261 g/mol. The normalized spacial score (nSPS) is 18.4. The SMILES string of the molecule is CC(CCO)NC(=O)C1(Cc2ccccc2)CCC1. The van der Waals surface area contributed by atoms with E-state index in [9.17, 15) is 4.79 Å². The van der Waals surface area contributed by atoms with E-state index < -0.39 is 0 Å². The van der Waals surface area contributed by atoms with Gasteiger partial charge in [-0.25, -0.2) is 0 Å². The molecule has 0 spiro atoms. The van der Waals surface area contributed by atoms with Crippen LogP contribution in [0.2, 0.25) is 0 Å². The van der Waals surface area contributed by atoms with Gasteiger partial charge in [-0.1, -0.05) is 36.8 Å². The van der Waals surface area contributed by atoms with E-state index in [0.717, 1.165) is 25.7 Å². The van der Waals surface area contributed by atoms with Gasteiger partial charge >= 0.3 is 0 Å². The smallest absolute Gasteiger partial charge is 0.226 e. The first kappa shape index (κ1) is 14.1. The summed E-state index contributed by atoms with van der Waals surface area (Å²) in [5, 5.41) is 12.0. The third kappa shape index (κ3) is 3.35. The number of benzene rings is 1. The van der Waals surface area contributed by atoms with Crippen molar-refractivity contribution >= 4 is 5.91 Å². The van der Waals surface area contributed by atoms with Crippen molar-refractivity contribution in [2.24, 2.45) is 5.41 Å². The van der Waals surface area contributed by atoms with Gasteiger partial charge in [-0.05, 0) is 38.2 Å². The molecule has 0 heterocycles. The third-order valence-electron chi connectivity index (χ3n) is 4.12. The van der Waals surface area contributed by atoms with Gasteiger partial charge in [0.25, 0.3) is 0 Å². The maximum absolute atomic E-state index is 12.4. The van der Waals surface area contributed by atoms with Crippen LogP contribution >= 0.6 is 0 Å². The van der Waals surface area contributed by atoms with Crippen molar-refractivity contribution in [1.82, 2.24) is 5.32 Å². The molecule has 0 saturated heterocycles. The average molecular weight is 261 g/mol. The molecule has 1 unspecified atom stereocenters. The van der Waals surface area contributed by atoms with Crippen molar-refractivity contribution in [3.8, 4) is 0 Å². The van der Waals surface area contributed by atoms with Crippen LogP contribution in [-0.4, -0.2) is 23.7 Å².